The molecule has 2 aliphatic heterocycles. The number of anilines is 1. The second-order valence-electron chi connectivity index (χ2n) is 8.17. The monoisotopic (exact) mass is 457 g/mol. The highest BCUT2D eigenvalue weighted by molar-refractivity contribution is 7.09. The fourth-order valence-corrected chi connectivity index (χ4v) is 4.61. The molecule has 0 aliphatic carbocycles. The van der Waals surface area contributed by atoms with E-state index in [4.69, 9.17) is 9.90 Å². The van der Waals surface area contributed by atoms with E-state index in [-0.39, 0.29) is 0 Å². The Balaban J connectivity index is 0.000000339. The molecule has 2 aromatic heterocycles. The number of halogens is 3. The summed E-state index contributed by atoms with van der Waals surface area (Å²) < 4.78 is 31.7. The number of carboxylic acid groups (broad SMARTS) is 1. The number of aromatic nitrogens is 3. The van der Waals surface area contributed by atoms with Crippen molar-refractivity contribution >= 4 is 23.3 Å². The fraction of sp³-hybridized carbons (Fsp3) is 0.600. The van der Waals surface area contributed by atoms with E-state index < -0.39 is 12.1 Å². The second kappa shape index (κ2) is 9.47. The summed E-state index contributed by atoms with van der Waals surface area (Å²) in [4.78, 5) is 27.4. The van der Waals surface area contributed by atoms with E-state index in [1.54, 1.807) is 11.3 Å². The van der Waals surface area contributed by atoms with Crippen molar-refractivity contribution in [2.24, 2.45) is 5.41 Å². The largest absolute Gasteiger partial charge is 0.490 e. The van der Waals surface area contributed by atoms with Gasteiger partial charge in [0.25, 0.3) is 0 Å². The van der Waals surface area contributed by atoms with Gasteiger partial charge < -0.3 is 10.0 Å². The molecule has 170 valence electrons. The molecule has 0 atom stereocenters. The quantitative estimate of drug-likeness (QED) is 0.753. The predicted molar refractivity (Wildman–Crippen MR) is 111 cm³/mol. The van der Waals surface area contributed by atoms with Crippen LogP contribution < -0.4 is 4.90 Å². The van der Waals surface area contributed by atoms with Crippen LogP contribution in [0.1, 0.15) is 35.5 Å². The molecule has 0 aromatic carbocycles. The number of piperidine rings is 1. The van der Waals surface area contributed by atoms with Gasteiger partial charge in [-0.3, -0.25) is 4.90 Å². The maximum atomic E-state index is 10.6. The summed E-state index contributed by atoms with van der Waals surface area (Å²) >= 11 is 1.76. The van der Waals surface area contributed by atoms with Crippen molar-refractivity contribution in [1.82, 2.24) is 19.9 Å². The van der Waals surface area contributed by atoms with Crippen LogP contribution in [-0.4, -0.2) is 63.3 Å². The van der Waals surface area contributed by atoms with Crippen molar-refractivity contribution in [3.8, 4) is 0 Å². The third-order valence-corrected chi connectivity index (χ3v) is 6.51. The molecule has 0 bridgehead atoms. The summed E-state index contributed by atoms with van der Waals surface area (Å²) in [6, 6.07) is 0. The van der Waals surface area contributed by atoms with E-state index in [0.29, 0.717) is 5.41 Å². The zero-order valence-corrected chi connectivity index (χ0v) is 18.3. The first-order valence-corrected chi connectivity index (χ1v) is 10.9. The van der Waals surface area contributed by atoms with Gasteiger partial charge >= 0.3 is 12.1 Å². The zero-order chi connectivity index (χ0) is 22.6. The number of thiazole rings is 1. The molecule has 0 unspecified atom stereocenters. The first-order valence-electron chi connectivity index (χ1n) is 10.0. The van der Waals surface area contributed by atoms with Crippen LogP contribution in [0.5, 0.6) is 0 Å². The van der Waals surface area contributed by atoms with E-state index in [0.717, 1.165) is 31.1 Å². The summed E-state index contributed by atoms with van der Waals surface area (Å²) in [6.07, 6.45) is 2.56. The average molecular weight is 458 g/mol. The SMILES string of the molecule is Cc1cnc(N2CCC3(CCN(Cc4csc(C)n4)C3)CC2)nc1.O=C(O)C(F)(F)F. The Morgan fingerprint density at radius 3 is 2.26 bits per heavy atom. The molecule has 11 heteroatoms. The standard InChI is InChI=1S/C18H25N5S.C2HF3O2/c1-14-9-19-17(20-10-14)23-7-4-18(5-8-23)3-6-22(13-18)11-16-12-24-15(2)21-16;3-2(4,5)1(6)7/h9-10,12H,3-8,11,13H2,1-2H3;(H,6,7). The van der Waals surface area contributed by atoms with Crippen LogP contribution in [0, 0.1) is 19.3 Å². The first kappa shape index (κ1) is 23.4. The van der Waals surface area contributed by atoms with E-state index in [2.05, 4.69) is 37.1 Å². The van der Waals surface area contributed by atoms with E-state index in [9.17, 15) is 13.2 Å². The van der Waals surface area contributed by atoms with E-state index in [1.807, 2.05) is 19.3 Å². The highest BCUT2D eigenvalue weighted by atomic mass is 32.1. The van der Waals surface area contributed by atoms with Gasteiger partial charge in [0.15, 0.2) is 0 Å². The molecule has 2 aromatic rings. The fourth-order valence-electron chi connectivity index (χ4n) is 4.01. The molecule has 7 nitrogen and oxygen atoms in total. The predicted octanol–water partition coefficient (Wildman–Crippen LogP) is 3.68. The molecule has 2 fully saturated rings. The minimum atomic E-state index is -5.08. The van der Waals surface area contributed by atoms with Crippen molar-refractivity contribution < 1.29 is 23.1 Å². The lowest BCUT2D eigenvalue weighted by Crippen LogP contribution is -2.42. The van der Waals surface area contributed by atoms with Gasteiger partial charge in [-0.1, -0.05) is 0 Å². The smallest absolute Gasteiger partial charge is 0.475 e. The van der Waals surface area contributed by atoms with Gasteiger partial charge in [0.2, 0.25) is 5.95 Å². The van der Waals surface area contributed by atoms with Gasteiger partial charge in [0.05, 0.1) is 10.7 Å². The summed E-state index contributed by atoms with van der Waals surface area (Å²) in [7, 11) is 0. The van der Waals surface area contributed by atoms with Crippen LogP contribution >= 0.6 is 11.3 Å². The number of likely N-dealkylation sites (tertiary alicyclic amines) is 1. The molecular weight excluding hydrogens is 431 g/mol. The summed E-state index contributed by atoms with van der Waals surface area (Å²) in [5.74, 6) is -1.87. The molecule has 1 spiro atoms. The highest BCUT2D eigenvalue weighted by Crippen LogP contribution is 2.41. The van der Waals surface area contributed by atoms with Crippen LogP contribution in [0.25, 0.3) is 0 Å². The minimum Gasteiger partial charge on any atom is -0.475 e. The van der Waals surface area contributed by atoms with Crippen LogP contribution in [0.3, 0.4) is 0 Å². The number of aryl methyl sites for hydroxylation is 2. The number of rotatable bonds is 3. The van der Waals surface area contributed by atoms with Gasteiger partial charge in [0, 0.05) is 44.0 Å². The number of hydrogen-bond acceptors (Lipinski definition) is 7. The van der Waals surface area contributed by atoms with Crippen molar-refractivity contribution in [2.75, 3.05) is 31.1 Å². The Labute approximate surface area is 182 Å². The number of aliphatic carboxylic acids is 1. The lowest BCUT2D eigenvalue weighted by atomic mass is 9.78. The number of hydrogen-bond donors (Lipinski definition) is 1. The van der Waals surface area contributed by atoms with Crippen LogP contribution in [0.4, 0.5) is 19.1 Å². The first-order chi connectivity index (χ1) is 14.6. The topological polar surface area (TPSA) is 82.5 Å². The molecule has 2 saturated heterocycles. The lowest BCUT2D eigenvalue weighted by molar-refractivity contribution is -0.192. The molecule has 0 radical (unpaired) electrons. The van der Waals surface area contributed by atoms with Gasteiger partial charge in [-0.2, -0.15) is 13.2 Å². The van der Waals surface area contributed by atoms with E-state index in [1.165, 1.54) is 43.1 Å². The van der Waals surface area contributed by atoms with Gasteiger partial charge in [-0.25, -0.2) is 19.7 Å². The highest BCUT2D eigenvalue weighted by Gasteiger charge is 2.41. The number of alkyl halides is 3. The molecular formula is C20H26F3N5O2S. The summed E-state index contributed by atoms with van der Waals surface area (Å²) in [6.45, 7) is 9.70. The Kier molecular flexibility index (Phi) is 7.15. The molecule has 0 saturated carbocycles. The van der Waals surface area contributed by atoms with Crippen LogP contribution in [0.2, 0.25) is 0 Å². The number of carboxylic acids is 1. The van der Waals surface area contributed by atoms with E-state index >= 15 is 0 Å². The van der Waals surface area contributed by atoms with Crippen molar-refractivity contribution in [3.05, 3.63) is 34.0 Å². The van der Waals surface area contributed by atoms with Crippen molar-refractivity contribution in [2.45, 2.75) is 45.8 Å². The maximum Gasteiger partial charge on any atom is 0.490 e. The molecule has 4 heterocycles. The maximum absolute atomic E-state index is 10.6. The Morgan fingerprint density at radius 1 is 1.16 bits per heavy atom. The summed E-state index contributed by atoms with van der Waals surface area (Å²) in [5, 5.41) is 10.5. The third kappa shape index (κ3) is 6.36. The van der Waals surface area contributed by atoms with Crippen LogP contribution in [0.15, 0.2) is 17.8 Å². The van der Waals surface area contributed by atoms with Gasteiger partial charge in [0.1, 0.15) is 0 Å². The minimum absolute atomic E-state index is 0.492. The Bertz CT molecular complexity index is 880. The Morgan fingerprint density at radius 2 is 1.74 bits per heavy atom. The second-order valence-corrected chi connectivity index (χ2v) is 9.23. The third-order valence-electron chi connectivity index (χ3n) is 5.69. The molecule has 2 aliphatic rings. The molecule has 1 N–H and O–H groups in total. The van der Waals surface area contributed by atoms with Crippen molar-refractivity contribution in [3.63, 3.8) is 0 Å². The normalized spacial score (nSPS) is 18.7. The summed E-state index contributed by atoms with van der Waals surface area (Å²) in [5.41, 5.74) is 2.85. The average Bonchev–Trinajstić information content (AvgIpc) is 3.29. The zero-order valence-electron chi connectivity index (χ0n) is 17.5. The number of nitrogens with zero attached hydrogens (tertiary/aromatic N) is 5. The van der Waals surface area contributed by atoms with Crippen LogP contribution in [-0.2, 0) is 11.3 Å². The molecule has 31 heavy (non-hydrogen) atoms. The molecule has 0 amide bonds. The van der Waals surface area contributed by atoms with Gasteiger partial charge in [-0.15, -0.1) is 11.3 Å². The lowest BCUT2D eigenvalue weighted by Gasteiger charge is -2.39. The van der Waals surface area contributed by atoms with Gasteiger partial charge in [-0.05, 0) is 50.6 Å². The number of carbonyl (C=O) groups is 1. The van der Waals surface area contributed by atoms with Crippen molar-refractivity contribution in [1.29, 1.82) is 0 Å². The Hall–Kier alpha value is -2.27. The molecule has 4 rings (SSSR count).